The summed E-state index contributed by atoms with van der Waals surface area (Å²) < 4.78 is 3.64. The maximum atomic E-state index is 12.6. The summed E-state index contributed by atoms with van der Waals surface area (Å²) in [5.41, 5.74) is 2.58. The van der Waals surface area contributed by atoms with Crippen LogP contribution in [0.1, 0.15) is 17.4 Å². The van der Waals surface area contributed by atoms with Gasteiger partial charge in [-0.2, -0.15) is 5.10 Å². The van der Waals surface area contributed by atoms with Crippen LogP contribution in [0.25, 0.3) is 11.0 Å². The van der Waals surface area contributed by atoms with Crippen LogP contribution in [0.4, 0.5) is 0 Å². The fourth-order valence-electron chi connectivity index (χ4n) is 3.44. The van der Waals surface area contributed by atoms with Crippen LogP contribution in [0.3, 0.4) is 0 Å². The predicted molar refractivity (Wildman–Crippen MR) is 106 cm³/mol. The summed E-state index contributed by atoms with van der Waals surface area (Å²) in [5, 5.41) is 16.3. The minimum Gasteiger partial charge on any atom is -0.271 e. The molecule has 4 aromatic rings. The molecule has 2 aromatic heterocycles. The van der Waals surface area contributed by atoms with Gasteiger partial charge < -0.3 is 0 Å². The summed E-state index contributed by atoms with van der Waals surface area (Å²) in [6, 6.07) is 16.9. The monoisotopic (exact) mass is 411 g/mol. The number of halogens is 1. The molecule has 0 saturated carbocycles. The van der Waals surface area contributed by atoms with E-state index in [-0.39, 0.29) is 11.9 Å². The summed E-state index contributed by atoms with van der Waals surface area (Å²) in [6.45, 7) is 0.298. The van der Waals surface area contributed by atoms with Gasteiger partial charge in [0.05, 0.1) is 5.52 Å². The van der Waals surface area contributed by atoms with Crippen molar-refractivity contribution in [3.63, 3.8) is 0 Å². The van der Waals surface area contributed by atoms with Crippen LogP contribution in [0.15, 0.2) is 54.6 Å². The van der Waals surface area contributed by atoms with Gasteiger partial charge in [0.1, 0.15) is 23.5 Å². The van der Waals surface area contributed by atoms with E-state index >= 15 is 0 Å². The average Bonchev–Trinajstić information content (AvgIpc) is 3.30. The first-order chi connectivity index (χ1) is 13.6. The standard InChI is InChI=1S/C18H14ClN7OS/c19-15-16(11-6-2-1-3-7-11)26(17(15)27)25-14(21-22-18(25)28)10-24-13-9-5-4-8-12(13)20-23-24/h1-9,15-16H,10H2,(H,22,28). The molecule has 1 aliphatic heterocycles. The number of nitrogens with zero attached hydrogens (tertiary/aromatic N) is 6. The Hall–Kier alpha value is -3.04. The van der Waals surface area contributed by atoms with Crippen LogP contribution in [0.2, 0.25) is 0 Å². The molecule has 2 aromatic carbocycles. The van der Waals surface area contributed by atoms with E-state index in [2.05, 4.69) is 20.5 Å². The van der Waals surface area contributed by atoms with E-state index in [1.165, 1.54) is 0 Å². The van der Waals surface area contributed by atoms with Gasteiger partial charge in [0, 0.05) is 0 Å². The molecule has 1 fully saturated rings. The van der Waals surface area contributed by atoms with Crippen molar-refractivity contribution in [1.29, 1.82) is 0 Å². The first-order valence-electron chi connectivity index (χ1n) is 8.62. The minimum absolute atomic E-state index is 0.224. The van der Waals surface area contributed by atoms with Gasteiger partial charge in [-0.1, -0.05) is 47.7 Å². The number of benzene rings is 2. The van der Waals surface area contributed by atoms with Gasteiger partial charge in [-0.3, -0.25) is 9.89 Å². The lowest BCUT2D eigenvalue weighted by atomic mass is 9.95. The Morgan fingerprint density at radius 3 is 2.68 bits per heavy atom. The molecule has 10 heteroatoms. The molecule has 1 N–H and O–H groups in total. The molecule has 2 atom stereocenters. The van der Waals surface area contributed by atoms with Gasteiger partial charge in [-0.15, -0.1) is 16.7 Å². The molecule has 3 heterocycles. The second-order valence-electron chi connectivity index (χ2n) is 6.43. The Bertz CT molecular complexity index is 1230. The number of fused-ring (bicyclic) bond motifs is 1. The SMILES string of the molecule is O=C1C(Cl)C(c2ccccc2)N1n1c(Cn2nnc3ccccc32)n[nH]c1=S. The lowest BCUT2D eigenvalue weighted by Gasteiger charge is -2.44. The number of H-pyrrole nitrogens is 1. The molecule has 5 rings (SSSR count). The van der Waals surface area contributed by atoms with E-state index in [0.717, 1.165) is 16.6 Å². The molecular formula is C18H14ClN7OS. The molecule has 1 saturated heterocycles. The minimum atomic E-state index is -0.653. The molecule has 140 valence electrons. The molecular weight excluding hydrogens is 398 g/mol. The zero-order valence-corrected chi connectivity index (χ0v) is 16.0. The van der Waals surface area contributed by atoms with Crippen LogP contribution in [0.5, 0.6) is 0 Å². The summed E-state index contributed by atoms with van der Waals surface area (Å²) in [6.07, 6.45) is 0. The number of β-lactam (4-membered cyclic amide) rings is 1. The number of alkyl halides is 1. The number of aromatic nitrogens is 6. The number of rotatable bonds is 4. The van der Waals surface area contributed by atoms with Crippen molar-refractivity contribution in [3.05, 3.63) is 70.8 Å². The first-order valence-corrected chi connectivity index (χ1v) is 9.46. The number of hydrogen-bond donors (Lipinski definition) is 1. The normalized spacial score (nSPS) is 19.2. The van der Waals surface area contributed by atoms with Crippen molar-refractivity contribution in [2.45, 2.75) is 18.0 Å². The summed E-state index contributed by atoms with van der Waals surface area (Å²) in [5.74, 6) is 0.316. The van der Waals surface area contributed by atoms with Crippen molar-refractivity contribution in [2.75, 3.05) is 5.01 Å². The first kappa shape index (κ1) is 17.1. The Labute approximate surface area is 169 Å². The number of carbonyl (C=O) groups is 1. The smallest absolute Gasteiger partial charge is 0.262 e. The maximum Gasteiger partial charge on any atom is 0.262 e. The molecule has 8 nitrogen and oxygen atoms in total. The highest BCUT2D eigenvalue weighted by Crippen LogP contribution is 2.37. The van der Waals surface area contributed by atoms with Gasteiger partial charge in [-0.05, 0) is 29.9 Å². The van der Waals surface area contributed by atoms with Gasteiger partial charge in [0.25, 0.3) is 5.91 Å². The zero-order valence-electron chi connectivity index (χ0n) is 14.4. The van der Waals surface area contributed by atoms with Gasteiger partial charge in [0.15, 0.2) is 5.82 Å². The average molecular weight is 412 g/mol. The van der Waals surface area contributed by atoms with E-state index in [1.807, 2.05) is 54.6 Å². The predicted octanol–water partition coefficient (Wildman–Crippen LogP) is 2.56. The van der Waals surface area contributed by atoms with E-state index in [0.29, 0.717) is 17.1 Å². The van der Waals surface area contributed by atoms with Crippen LogP contribution in [-0.2, 0) is 11.3 Å². The van der Waals surface area contributed by atoms with Crippen LogP contribution in [0, 0.1) is 4.77 Å². The van der Waals surface area contributed by atoms with Crippen molar-refractivity contribution < 1.29 is 4.79 Å². The molecule has 0 radical (unpaired) electrons. The molecule has 0 spiro atoms. The Balaban J connectivity index is 1.55. The highest BCUT2D eigenvalue weighted by atomic mass is 35.5. The summed E-state index contributed by atoms with van der Waals surface area (Å²) in [7, 11) is 0. The number of aromatic amines is 1. The van der Waals surface area contributed by atoms with E-state index in [9.17, 15) is 4.79 Å². The molecule has 28 heavy (non-hydrogen) atoms. The van der Waals surface area contributed by atoms with E-state index in [1.54, 1.807) is 14.4 Å². The third kappa shape index (κ3) is 2.54. The van der Waals surface area contributed by atoms with E-state index < -0.39 is 5.38 Å². The number of carbonyl (C=O) groups excluding carboxylic acids is 1. The van der Waals surface area contributed by atoms with Gasteiger partial charge in [0.2, 0.25) is 4.77 Å². The third-order valence-corrected chi connectivity index (χ3v) is 5.48. The second kappa shape index (κ2) is 6.54. The summed E-state index contributed by atoms with van der Waals surface area (Å²) >= 11 is 11.7. The quantitative estimate of drug-likeness (QED) is 0.317. The summed E-state index contributed by atoms with van der Waals surface area (Å²) in [4.78, 5) is 12.6. The van der Waals surface area contributed by atoms with Gasteiger partial charge in [-0.25, -0.2) is 14.4 Å². The molecule has 0 bridgehead atoms. The number of nitrogens with one attached hydrogen (secondary N) is 1. The Morgan fingerprint density at radius 2 is 1.86 bits per heavy atom. The lowest BCUT2D eigenvalue weighted by Crippen LogP contribution is -2.62. The van der Waals surface area contributed by atoms with Crippen molar-refractivity contribution >= 4 is 40.8 Å². The number of amides is 1. The Kier molecular flexibility index (Phi) is 3.99. The fraction of sp³-hybridized carbons (Fsp3) is 0.167. The molecule has 0 aliphatic carbocycles. The largest absolute Gasteiger partial charge is 0.271 e. The van der Waals surface area contributed by atoms with Crippen LogP contribution >= 0.6 is 23.8 Å². The van der Waals surface area contributed by atoms with Gasteiger partial charge >= 0.3 is 0 Å². The van der Waals surface area contributed by atoms with Crippen molar-refractivity contribution in [2.24, 2.45) is 0 Å². The second-order valence-corrected chi connectivity index (χ2v) is 7.29. The zero-order chi connectivity index (χ0) is 19.3. The number of para-hydroxylation sites is 1. The molecule has 1 amide bonds. The van der Waals surface area contributed by atoms with Crippen LogP contribution < -0.4 is 5.01 Å². The van der Waals surface area contributed by atoms with Crippen molar-refractivity contribution in [1.82, 2.24) is 29.9 Å². The molecule has 2 unspecified atom stereocenters. The topological polar surface area (TPSA) is 84.6 Å². The Morgan fingerprint density at radius 1 is 1.11 bits per heavy atom. The van der Waals surface area contributed by atoms with E-state index in [4.69, 9.17) is 23.8 Å². The lowest BCUT2D eigenvalue weighted by molar-refractivity contribution is -0.126. The molecule has 1 aliphatic rings. The highest BCUT2D eigenvalue weighted by Gasteiger charge is 2.49. The van der Waals surface area contributed by atoms with Crippen LogP contribution in [-0.4, -0.2) is 41.2 Å². The maximum absolute atomic E-state index is 12.6. The third-order valence-electron chi connectivity index (χ3n) is 4.79. The fourth-order valence-corrected chi connectivity index (χ4v) is 4.03. The van der Waals surface area contributed by atoms with Crippen molar-refractivity contribution in [3.8, 4) is 0 Å². The number of hydrogen-bond acceptors (Lipinski definition) is 5. The highest BCUT2D eigenvalue weighted by molar-refractivity contribution is 7.71.